The molecule has 1 unspecified atom stereocenters. The standard InChI is InChI=1S/C19H22FNO2S/c1-3-18(15-6-10-17(23-2)11-7-15)21-19(22)13-24-12-14-4-8-16(20)9-5-14/h4-11,18H,3,12-13H2,1-2H3,(H,21,22). The topological polar surface area (TPSA) is 38.3 Å². The van der Waals surface area contributed by atoms with E-state index in [9.17, 15) is 9.18 Å². The maximum absolute atomic E-state index is 12.8. The summed E-state index contributed by atoms with van der Waals surface area (Å²) in [5.74, 6) is 1.63. The van der Waals surface area contributed by atoms with Gasteiger partial charge in [0, 0.05) is 5.75 Å². The van der Waals surface area contributed by atoms with Crippen molar-refractivity contribution in [3.8, 4) is 5.75 Å². The Bertz CT molecular complexity index is 643. The van der Waals surface area contributed by atoms with Gasteiger partial charge in [0.2, 0.25) is 5.91 Å². The minimum atomic E-state index is -0.244. The first-order valence-corrected chi connectivity index (χ1v) is 9.03. The Hall–Kier alpha value is -2.01. The molecule has 0 heterocycles. The quantitative estimate of drug-likeness (QED) is 0.772. The molecule has 0 aromatic heterocycles. The second-order valence-corrected chi connectivity index (χ2v) is 6.41. The van der Waals surface area contributed by atoms with Gasteiger partial charge in [-0.1, -0.05) is 31.2 Å². The lowest BCUT2D eigenvalue weighted by atomic mass is 10.0. The van der Waals surface area contributed by atoms with Crippen molar-refractivity contribution in [1.29, 1.82) is 0 Å². The van der Waals surface area contributed by atoms with E-state index in [0.29, 0.717) is 11.5 Å². The molecule has 2 aromatic rings. The van der Waals surface area contributed by atoms with E-state index in [-0.39, 0.29) is 17.8 Å². The summed E-state index contributed by atoms with van der Waals surface area (Å²) in [5.41, 5.74) is 2.08. The molecule has 24 heavy (non-hydrogen) atoms. The van der Waals surface area contributed by atoms with Crippen LogP contribution in [0, 0.1) is 5.82 Å². The van der Waals surface area contributed by atoms with Crippen molar-refractivity contribution in [3.63, 3.8) is 0 Å². The van der Waals surface area contributed by atoms with Crippen LogP contribution in [-0.4, -0.2) is 18.8 Å². The number of thioether (sulfide) groups is 1. The highest BCUT2D eigenvalue weighted by molar-refractivity contribution is 7.99. The number of hydrogen-bond acceptors (Lipinski definition) is 3. The summed E-state index contributed by atoms with van der Waals surface area (Å²) in [7, 11) is 1.63. The maximum Gasteiger partial charge on any atom is 0.230 e. The van der Waals surface area contributed by atoms with Gasteiger partial charge in [0.1, 0.15) is 11.6 Å². The van der Waals surface area contributed by atoms with Gasteiger partial charge in [-0.05, 0) is 41.8 Å². The van der Waals surface area contributed by atoms with Gasteiger partial charge in [0.05, 0.1) is 18.9 Å². The van der Waals surface area contributed by atoms with Gasteiger partial charge in [-0.3, -0.25) is 4.79 Å². The van der Waals surface area contributed by atoms with E-state index >= 15 is 0 Å². The Morgan fingerprint density at radius 1 is 1.17 bits per heavy atom. The predicted molar refractivity (Wildman–Crippen MR) is 96.7 cm³/mol. The Labute approximate surface area is 146 Å². The van der Waals surface area contributed by atoms with Crippen LogP contribution in [0.1, 0.15) is 30.5 Å². The number of rotatable bonds is 8. The fourth-order valence-corrected chi connectivity index (χ4v) is 3.13. The number of ether oxygens (including phenoxy) is 1. The van der Waals surface area contributed by atoms with Crippen LogP contribution in [0.4, 0.5) is 4.39 Å². The molecule has 128 valence electrons. The molecule has 0 radical (unpaired) electrons. The van der Waals surface area contributed by atoms with Crippen molar-refractivity contribution < 1.29 is 13.9 Å². The number of halogens is 1. The zero-order valence-electron chi connectivity index (χ0n) is 13.9. The van der Waals surface area contributed by atoms with E-state index in [4.69, 9.17) is 4.74 Å². The van der Waals surface area contributed by atoms with Crippen molar-refractivity contribution in [2.24, 2.45) is 0 Å². The SMILES string of the molecule is CCC(NC(=O)CSCc1ccc(F)cc1)c1ccc(OC)cc1. The molecular formula is C19H22FNO2S. The van der Waals surface area contributed by atoms with Gasteiger partial charge in [0.15, 0.2) is 0 Å². The first-order valence-electron chi connectivity index (χ1n) is 7.88. The van der Waals surface area contributed by atoms with Crippen LogP contribution < -0.4 is 10.1 Å². The summed E-state index contributed by atoms with van der Waals surface area (Å²) in [5, 5.41) is 3.06. The Balaban J connectivity index is 1.81. The zero-order valence-corrected chi connectivity index (χ0v) is 14.7. The number of benzene rings is 2. The highest BCUT2D eigenvalue weighted by Crippen LogP contribution is 2.20. The van der Waals surface area contributed by atoms with Crippen LogP contribution in [0.25, 0.3) is 0 Å². The number of amides is 1. The van der Waals surface area contributed by atoms with Crippen LogP contribution >= 0.6 is 11.8 Å². The van der Waals surface area contributed by atoms with Crippen molar-refractivity contribution in [3.05, 3.63) is 65.5 Å². The second-order valence-electron chi connectivity index (χ2n) is 5.42. The molecule has 0 aliphatic carbocycles. The molecule has 0 aliphatic heterocycles. The van der Waals surface area contributed by atoms with E-state index in [1.165, 1.54) is 23.9 Å². The van der Waals surface area contributed by atoms with Crippen molar-refractivity contribution in [2.75, 3.05) is 12.9 Å². The van der Waals surface area contributed by atoms with Crippen molar-refractivity contribution in [2.45, 2.75) is 25.1 Å². The zero-order chi connectivity index (χ0) is 17.4. The third-order valence-corrected chi connectivity index (χ3v) is 4.68. The van der Waals surface area contributed by atoms with Gasteiger partial charge in [-0.15, -0.1) is 11.8 Å². The molecule has 1 atom stereocenters. The molecule has 2 rings (SSSR count). The first-order chi connectivity index (χ1) is 11.6. The van der Waals surface area contributed by atoms with Crippen LogP contribution in [0.3, 0.4) is 0 Å². The number of carbonyl (C=O) groups excluding carboxylic acids is 1. The normalized spacial score (nSPS) is 11.8. The van der Waals surface area contributed by atoms with Gasteiger partial charge in [-0.2, -0.15) is 0 Å². The molecule has 1 amide bonds. The minimum absolute atomic E-state index is 0.00443. The van der Waals surface area contributed by atoms with Gasteiger partial charge < -0.3 is 10.1 Å². The van der Waals surface area contributed by atoms with Crippen molar-refractivity contribution >= 4 is 17.7 Å². The smallest absolute Gasteiger partial charge is 0.230 e. The summed E-state index contributed by atoms with van der Waals surface area (Å²) in [6.45, 7) is 2.04. The van der Waals surface area contributed by atoms with Crippen LogP contribution in [0.5, 0.6) is 5.75 Å². The Kier molecular flexibility index (Phi) is 7.12. The number of methoxy groups -OCH3 is 1. The van der Waals surface area contributed by atoms with E-state index in [0.717, 1.165) is 23.3 Å². The fourth-order valence-electron chi connectivity index (χ4n) is 2.34. The summed E-state index contributed by atoms with van der Waals surface area (Å²) >= 11 is 1.52. The molecule has 3 nitrogen and oxygen atoms in total. The summed E-state index contributed by atoms with van der Waals surface area (Å²) < 4.78 is 18.0. The maximum atomic E-state index is 12.8. The van der Waals surface area contributed by atoms with Gasteiger partial charge in [0.25, 0.3) is 0 Å². The van der Waals surface area contributed by atoms with Gasteiger partial charge >= 0.3 is 0 Å². The molecule has 0 spiro atoms. The summed E-state index contributed by atoms with van der Waals surface area (Å²) in [4.78, 5) is 12.1. The molecule has 0 fully saturated rings. The van der Waals surface area contributed by atoms with E-state index in [1.807, 2.05) is 31.2 Å². The lowest BCUT2D eigenvalue weighted by Crippen LogP contribution is -2.29. The highest BCUT2D eigenvalue weighted by atomic mass is 32.2. The van der Waals surface area contributed by atoms with Crippen LogP contribution in [-0.2, 0) is 10.5 Å². The second kappa shape index (κ2) is 9.33. The molecule has 5 heteroatoms. The molecule has 0 aliphatic rings. The van der Waals surface area contributed by atoms with Crippen LogP contribution in [0.15, 0.2) is 48.5 Å². The Morgan fingerprint density at radius 2 is 1.83 bits per heavy atom. The summed E-state index contributed by atoms with van der Waals surface area (Å²) in [6, 6.07) is 14.1. The minimum Gasteiger partial charge on any atom is -0.497 e. The third-order valence-electron chi connectivity index (χ3n) is 3.68. The average Bonchev–Trinajstić information content (AvgIpc) is 2.61. The largest absolute Gasteiger partial charge is 0.497 e. The van der Waals surface area contributed by atoms with Crippen LogP contribution in [0.2, 0.25) is 0 Å². The number of nitrogens with one attached hydrogen (secondary N) is 1. The number of carbonyl (C=O) groups is 1. The third kappa shape index (κ3) is 5.57. The lowest BCUT2D eigenvalue weighted by molar-refractivity contribution is -0.119. The fraction of sp³-hybridized carbons (Fsp3) is 0.316. The van der Waals surface area contributed by atoms with Crippen molar-refractivity contribution in [1.82, 2.24) is 5.32 Å². The molecule has 1 N–H and O–H groups in total. The number of hydrogen-bond donors (Lipinski definition) is 1. The molecule has 0 saturated heterocycles. The van der Waals surface area contributed by atoms with E-state index in [2.05, 4.69) is 5.32 Å². The molecule has 2 aromatic carbocycles. The Morgan fingerprint density at radius 3 is 2.42 bits per heavy atom. The molecular weight excluding hydrogens is 325 g/mol. The molecule has 0 bridgehead atoms. The monoisotopic (exact) mass is 347 g/mol. The summed E-state index contributed by atoms with van der Waals surface area (Å²) in [6.07, 6.45) is 0.820. The first kappa shape index (κ1) is 18.3. The lowest BCUT2D eigenvalue weighted by Gasteiger charge is -2.17. The van der Waals surface area contributed by atoms with Gasteiger partial charge in [-0.25, -0.2) is 4.39 Å². The predicted octanol–water partition coefficient (Wildman–Crippen LogP) is 4.34. The highest BCUT2D eigenvalue weighted by Gasteiger charge is 2.12. The van der Waals surface area contributed by atoms with E-state index < -0.39 is 0 Å². The van der Waals surface area contributed by atoms with E-state index in [1.54, 1.807) is 19.2 Å². The molecule has 0 saturated carbocycles. The average molecular weight is 347 g/mol.